The zero-order valence-electron chi connectivity index (χ0n) is 10.0. The molecule has 94 valence electrons. The molecule has 1 aliphatic rings. The molecule has 18 heavy (non-hydrogen) atoms. The van der Waals surface area contributed by atoms with Gasteiger partial charge in [0.2, 0.25) is 0 Å². The second kappa shape index (κ2) is 4.37. The first kappa shape index (κ1) is 11.7. The molecule has 0 saturated heterocycles. The summed E-state index contributed by atoms with van der Waals surface area (Å²) in [5.41, 5.74) is 6.87. The summed E-state index contributed by atoms with van der Waals surface area (Å²) in [6.07, 6.45) is 0.674. The SMILES string of the molecule is Cc1ccc(C2C[C@@H](N)c3cc(F)ccc3O2)s1. The smallest absolute Gasteiger partial charge is 0.135 e. The van der Waals surface area contributed by atoms with E-state index in [4.69, 9.17) is 10.5 Å². The summed E-state index contributed by atoms with van der Waals surface area (Å²) in [7, 11) is 0. The maximum Gasteiger partial charge on any atom is 0.135 e. The number of halogens is 1. The van der Waals surface area contributed by atoms with E-state index in [1.54, 1.807) is 17.4 Å². The predicted molar refractivity (Wildman–Crippen MR) is 70.4 cm³/mol. The number of benzene rings is 1. The van der Waals surface area contributed by atoms with Crippen molar-refractivity contribution in [2.45, 2.75) is 25.5 Å². The lowest BCUT2D eigenvalue weighted by atomic mass is 9.96. The van der Waals surface area contributed by atoms with Gasteiger partial charge in [-0.1, -0.05) is 0 Å². The minimum absolute atomic E-state index is 0.0170. The molecule has 2 heterocycles. The molecule has 2 N–H and O–H groups in total. The topological polar surface area (TPSA) is 35.2 Å². The maximum absolute atomic E-state index is 13.2. The maximum atomic E-state index is 13.2. The molecular weight excluding hydrogens is 249 g/mol. The molecule has 0 radical (unpaired) electrons. The van der Waals surface area contributed by atoms with Crippen LogP contribution in [0.5, 0.6) is 5.75 Å². The first-order valence-electron chi connectivity index (χ1n) is 5.91. The van der Waals surface area contributed by atoms with E-state index in [-0.39, 0.29) is 18.0 Å². The number of ether oxygens (including phenoxy) is 1. The molecule has 3 rings (SSSR count). The minimum atomic E-state index is -0.266. The minimum Gasteiger partial charge on any atom is -0.484 e. The number of hydrogen-bond donors (Lipinski definition) is 1. The number of rotatable bonds is 1. The highest BCUT2D eigenvalue weighted by molar-refractivity contribution is 7.12. The third-order valence-electron chi connectivity index (χ3n) is 3.19. The Kier molecular flexibility index (Phi) is 2.84. The number of thiophene rings is 1. The van der Waals surface area contributed by atoms with Gasteiger partial charge in [-0.2, -0.15) is 0 Å². The Hall–Kier alpha value is -1.39. The van der Waals surface area contributed by atoms with Crippen molar-refractivity contribution in [3.63, 3.8) is 0 Å². The van der Waals surface area contributed by atoms with Crippen molar-refractivity contribution < 1.29 is 9.13 Å². The van der Waals surface area contributed by atoms with Gasteiger partial charge in [-0.3, -0.25) is 0 Å². The molecule has 0 amide bonds. The van der Waals surface area contributed by atoms with Gasteiger partial charge in [-0.05, 0) is 37.3 Å². The van der Waals surface area contributed by atoms with Crippen LogP contribution in [0.3, 0.4) is 0 Å². The van der Waals surface area contributed by atoms with Crippen LogP contribution in [-0.4, -0.2) is 0 Å². The first-order chi connectivity index (χ1) is 8.63. The third-order valence-corrected chi connectivity index (χ3v) is 4.28. The van der Waals surface area contributed by atoms with E-state index in [9.17, 15) is 4.39 Å². The molecule has 1 unspecified atom stereocenters. The molecule has 0 aliphatic carbocycles. The van der Waals surface area contributed by atoms with E-state index in [0.717, 1.165) is 5.56 Å². The van der Waals surface area contributed by atoms with Crippen molar-refractivity contribution in [2.75, 3.05) is 0 Å². The summed E-state index contributed by atoms with van der Waals surface area (Å²) in [5, 5.41) is 0. The predicted octanol–water partition coefficient (Wildman–Crippen LogP) is 3.72. The average molecular weight is 263 g/mol. The van der Waals surface area contributed by atoms with E-state index in [2.05, 4.69) is 19.1 Å². The fourth-order valence-electron chi connectivity index (χ4n) is 2.28. The van der Waals surface area contributed by atoms with Crippen LogP contribution in [0.15, 0.2) is 30.3 Å². The van der Waals surface area contributed by atoms with Crippen molar-refractivity contribution in [2.24, 2.45) is 5.73 Å². The van der Waals surface area contributed by atoms with Gasteiger partial charge in [-0.25, -0.2) is 4.39 Å². The summed E-state index contributed by atoms with van der Waals surface area (Å²) in [5.74, 6) is 0.435. The van der Waals surface area contributed by atoms with E-state index < -0.39 is 0 Å². The molecule has 1 aliphatic heterocycles. The second-order valence-corrected chi connectivity index (χ2v) is 5.90. The quantitative estimate of drug-likeness (QED) is 0.851. The van der Waals surface area contributed by atoms with E-state index in [0.29, 0.717) is 12.2 Å². The largest absolute Gasteiger partial charge is 0.484 e. The van der Waals surface area contributed by atoms with Crippen LogP contribution in [0.1, 0.15) is 33.9 Å². The van der Waals surface area contributed by atoms with Gasteiger partial charge in [-0.15, -0.1) is 11.3 Å². The van der Waals surface area contributed by atoms with Crippen molar-refractivity contribution in [1.29, 1.82) is 0 Å². The number of fused-ring (bicyclic) bond motifs is 1. The fraction of sp³-hybridized carbons (Fsp3) is 0.286. The highest BCUT2D eigenvalue weighted by atomic mass is 32.1. The standard InChI is InChI=1S/C14H14FNOS/c1-8-2-5-14(18-8)13-7-11(16)10-6-9(15)3-4-12(10)17-13/h2-6,11,13H,7,16H2,1H3/t11-,13?/m1/s1. The van der Waals surface area contributed by atoms with Gasteiger partial charge in [0.05, 0.1) is 0 Å². The van der Waals surface area contributed by atoms with Gasteiger partial charge in [0, 0.05) is 27.8 Å². The Morgan fingerprint density at radius 2 is 2.17 bits per heavy atom. The fourth-order valence-corrected chi connectivity index (χ4v) is 3.20. The van der Waals surface area contributed by atoms with E-state index in [1.165, 1.54) is 21.9 Å². The van der Waals surface area contributed by atoms with Crippen molar-refractivity contribution in [3.8, 4) is 5.75 Å². The molecule has 2 nitrogen and oxygen atoms in total. The zero-order valence-corrected chi connectivity index (χ0v) is 10.8. The van der Waals surface area contributed by atoms with Crippen molar-refractivity contribution in [1.82, 2.24) is 0 Å². The number of aryl methyl sites for hydroxylation is 1. The lowest BCUT2D eigenvalue weighted by Gasteiger charge is -2.29. The van der Waals surface area contributed by atoms with Crippen LogP contribution in [0, 0.1) is 12.7 Å². The van der Waals surface area contributed by atoms with Crippen molar-refractivity contribution in [3.05, 3.63) is 51.5 Å². The number of hydrogen-bond acceptors (Lipinski definition) is 3. The average Bonchev–Trinajstić information content (AvgIpc) is 2.77. The molecule has 4 heteroatoms. The van der Waals surface area contributed by atoms with E-state index in [1.807, 2.05) is 0 Å². The molecule has 0 fully saturated rings. The van der Waals surface area contributed by atoms with Crippen LogP contribution < -0.4 is 10.5 Å². The summed E-state index contributed by atoms with van der Waals surface area (Å²) < 4.78 is 19.1. The Balaban J connectivity index is 1.94. The molecule has 1 aromatic heterocycles. The molecule has 1 aromatic carbocycles. The molecule has 0 saturated carbocycles. The summed E-state index contributed by atoms with van der Waals surface area (Å²) in [4.78, 5) is 2.44. The van der Waals surface area contributed by atoms with Gasteiger partial charge in [0.15, 0.2) is 0 Å². The van der Waals surface area contributed by atoms with Gasteiger partial charge in [0.25, 0.3) is 0 Å². The molecular formula is C14H14FNOS. The summed E-state index contributed by atoms with van der Waals surface area (Å²) in [6.45, 7) is 2.07. The summed E-state index contributed by atoms with van der Waals surface area (Å²) in [6, 6.07) is 8.53. The first-order valence-corrected chi connectivity index (χ1v) is 6.73. The van der Waals surface area contributed by atoms with Gasteiger partial charge >= 0.3 is 0 Å². The monoisotopic (exact) mass is 263 g/mol. The zero-order chi connectivity index (χ0) is 12.7. The Morgan fingerprint density at radius 1 is 1.33 bits per heavy atom. The lowest BCUT2D eigenvalue weighted by molar-refractivity contribution is 0.164. The Labute approximate surface area is 109 Å². The van der Waals surface area contributed by atoms with E-state index >= 15 is 0 Å². The molecule has 2 atom stereocenters. The van der Waals surface area contributed by atoms with Gasteiger partial charge < -0.3 is 10.5 Å². The highest BCUT2D eigenvalue weighted by Crippen LogP contribution is 2.41. The second-order valence-electron chi connectivity index (χ2n) is 4.58. The molecule has 0 spiro atoms. The normalized spacial score (nSPS) is 22.4. The number of nitrogens with two attached hydrogens (primary N) is 1. The van der Waals surface area contributed by atoms with Crippen LogP contribution in [0.2, 0.25) is 0 Å². The third kappa shape index (κ3) is 2.02. The lowest BCUT2D eigenvalue weighted by Crippen LogP contribution is -2.23. The van der Waals surface area contributed by atoms with Crippen molar-refractivity contribution >= 4 is 11.3 Å². The highest BCUT2D eigenvalue weighted by Gasteiger charge is 2.28. The Morgan fingerprint density at radius 3 is 2.89 bits per heavy atom. The molecule has 0 bridgehead atoms. The summed E-state index contributed by atoms with van der Waals surface area (Å²) >= 11 is 1.72. The van der Waals surface area contributed by atoms with Crippen LogP contribution in [0.4, 0.5) is 4.39 Å². The Bertz CT molecular complexity index is 581. The van der Waals surface area contributed by atoms with Crippen LogP contribution in [0.25, 0.3) is 0 Å². The molecule has 2 aromatic rings. The van der Waals surface area contributed by atoms with Crippen LogP contribution >= 0.6 is 11.3 Å². The van der Waals surface area contributed by atoms with Crippen LogP contribution in [-0.2, 0) is 0 Å². The van der Waals surface area contributed by atoms with Gasteiger partial charge in [0.1, 0.15) is 17.7 Å².